The Balaban J connectivity index is 3.33. The predicted molar refractivity (Wildman–Crippen MR) is 72.6 cm³/mol. The summed E-state index contributed by atoms with van der Waals surface area (Å²) in [6, 6.07) is 5.22. The molecule has 0 aliphatic heterocycles. The first-order chi connectivity index (χ1) is 9.73. The maximum atomic E-state index is 11.6. The van der Waals surface area contributed by atoms with Gasteiger partial charge in [0.15, 0.2) is 0 Å². The number of carbonyl (C=O) groups is 2. The van der Waals surface area contributed by atoms with Gasteiger partial charge in [0.2, 0.25) is 6.54 Å². The minimum Gasteiger partial charge on any atom is -0.299 e. The quantitative estimate of drug-likeness (QED) is 0.429. The van der Waals surface area contributed by atoms with E-state index in [9.17, 15) is 29.8 Å². The number of rotatable bonds is 7. The van der Waals surface area contributed by atoms with E-state index in [-0.39, 0.29) is 11.3 Å². The highest BCUT2D eigenvalue weighted by Gasteiger charge is 2.35. The number of non-ortho nitro benzene ring substituents is 1. The summed E-state index contributed by atoms with van der Waals surface area (Å²) in [5, 5.41) is 21.6. The third-order valence-electron chi connectivity index (χ3n) is 3.13. The summed E-state index contributed by atoms with van der Waals surface area (Å²) in [5.41, 5.74) is -0.0111. The van der Waals surface area contributed by atoms with E-state index in [1.165, 1.54) is 32.0 Å². The Hall–Kier alpha value is -2.64. The molecule has 0 aromatic heterocycles. The van der Waals surface area contributed by atoms with E-state index in [1.54, 1.807) is 0 Å². The van der Waals surface area contributed by atoms with Crippen LogP contribution in [0.2, 0.25) is 0 Å². The number of Topliss-reactive ketones (excluding diaryl/α,β-unsaturated/α-hetero) is 2. The molecule has 0 amide bonds. The molecule has 0 saturated carbocycles. The second kappa shape index (κ2) is 6.69. The van der Waals surface area contributed by atoms with E-state index in [4.69, 9.17) is 0 Å². The Morgan fingerprint density at radius 2 is 1.71 bits per heavy atom. The van der Waals surface area contributed by atoms with Crippen LogP contribution in [-0.2, 0) is 9.59 Å². The van der Waals surface area contributed by atoms with Crippen molar-refractivity contribution in [3.8, 4) is 0 Å². The molecule has 0 radical (unpaired) electrons. The maximum absolute atomic E-state index is 11.6. The van der Waals surface area contributed by atoms with Crippen LogP contribution in [0.3, 0.4) is 0 Å². The standard InChI is InChI=1S/C13H14N2O6/c1-8(16)13(9(2)17)12(7-14(18)19)10-4-3-5-11(6-10)15(20)21/h3-6,12-13H,7H2,1-2H3. The molecule has 1 rings (SSSR count). The van der Waals surface area contributed by atoms with Gasteiger partial charge in [-0.1, -0.05) is 12.1 Å². The molecule has 1 unspecified atom stereocenters. The van der Waals surface area contributed by atoms with Gasteiger partial charge >= 0.3 is 0 Å². The highest BCUT2D eigenvalue weighted by Crippen LogP contribution is 2.29. The number of nitro benzene ring substituents is 1. The Bertz CT molecular complexity index is 584. The van der Waals surface area contributed by atoms with Gasteiger partial charge in [0, 0.05) is 17.1 Å². The summed E-state index contributed by atoms with van der Waals surface area (Å²) in [4.78, 5) is 43.5. The molecule has 21 heavy (non-hydrogen) atoms. The minimum absolute atomic E-state index is 0.233. The second-order valence-corrected chi connectivity index (χ2v) is 4.67. The van der Waals surface area contributed by atoms with Crippen molar-refractivity contribution in [3.05, 3.63) is 50.1 Å². The predicted octanol–water partition coefficient (Wildman–Crippen LogP) is 1.75. The van der Waals surface area contributed by atoms with Crippen LogP contribution in [0.4, 0.5) is 5.69 Å². The normalized spacial score (nSPS) is 12.0. The number of hydrogen-bond donors (Lipinski definition) is 0. The fourth-order valence-corrected chi connectivity index (χ4v) is 2.29. The average molecular weight is 294 g/mol. The molecule has 0 N–H and O–H groups in total. The molecule has 1 atom stereocenters. The van der Waals surface area contributed by atoms with Crippen LogP contribution < -0.4 is 0 Å². The smallest absolute Gasteiger partial charge is 0.269 e. The van der Waals surface area contributed by atoms with Crippen molar-refractivity contribution in [1.29, 1.82) is 0 Å². The van der Waals surface area contributed by atoms with Crippen molar-refractivity contribution in [3.63, 3.8) is 0 Å². The monoisotopic (exact) mass is 294 g/mol. The molecule has 0 fully saturated rings. The third-order valence-corrected chi connectivity index (χ3v) is 3.13. The van der Waals surface area contributed by atoms with Gasteiger partial charge in [0.05, 0.1) is 16.8 Å². The van der Waals surface area contributed by atoms with Gasteiger partial charge in [0.1, 0.15) is 11.6 Å². The topological polar surface area (TPSA) is 120 Å². The molecule has 0 spiro atoms. The molecule has 112 valence electrons. The summed E-state index contributed by atoms with van der Waals surface area (Å²) < 4.78 is 0. The molecular formula is C13H14N2O6. The first-order valence-electron chi connectivity index (χ1n) is 6.11. The highest BCUT2D eigenvalue weighted by atomic mass is 16.6. The van der Waals surface area contributed by atoms with Gasteiger partial charge in [0.25, 0.3) is 5.69 Å². The van der Waals surface area contributed by atoms with E-state index in [0.29, 0.717) is 0 Å². The van der Waals surface area contributed by atoms with Crippen molar-refractivity contribution in [2.45, 2.75) is 19.8 Å². The SMILES string of the molecule is CC(=O)C(C(C)=O)C(C[N+](=O)[O-])c1cccc([N+](=O)[O-])c1. The molecule has 0 bridgehead atoms. The van der Waals surface area contributed by atoms with E-state index < -0.39 is 39.8 Å². The maximum Gasteiger partial charge on any atom is 0.269 e. The Morgan fingerprint density at radius 1 is 1.14 bits per heavy atom. The molecule has 8 nitrogen and oxygen atoms in total. The lowest BCUT2D eigenvalue weighted by molar-refractivity contribution is -0.484. The van der Waals surface area contributed by atoms with E-state index >= 15 is 0 Å². The number of benzene rings is 1. The molecule has 1 aromatic rings. The first-order valence-corrected chi connectivity index (χ1v) is 6.11. The number of nitro groups is 2. The summed E-state index contributed by atoms with van der Waals surface area (Å²) in [7, 11) is 0. The Morgan fingerprint density at radius 3 is 2.14 bits per heavy atom. The largest absolute Gasteiger partial charge is 0.299 e. The fourth-order valence-electron chi connectivity index (χ4n) is 2.29. The second-order valence-electron chi connectivity index (χ2n) is 4.67. The van der Waals surface area contributed by atoms with E-state index in [2.05, 4.69) is 0 Å². The number of ketones is 2. The van der Waals surface area contributed by atoms with Gasteiger partial charge in [-0.15, -0.1) is 0 Å². The fraction of sp³-hybridized carbons (Fsp3) is 0.385. The number of carbonyl (C=O) groups excluding carboxylic acids is 2. The molecule has 0 heterocycles. The molecule has 0 saturated heterocycles. The summed E-state index contributed by atoms with van der Waals surface area (Å²) in [6.07, 6.45) is 0. The van der Waals surface area contributed by atoms with Crippen LogP contribution in [0.15, 0.2) is 24.3 Å². The van der Waals surface area contributed by atoms with Crippen molar-refractivity contribution in [1.82, 2.24) is 0 Å². The van der Waals surface area contributed by atoms with Crippen LogP contribution in [0.25, 0.3) is 0 Å². The number of nitrogens with zero attached hydrogens (tertiary/aromatic N) is 2. The van der Waals surface area contributed by atoms with Crippen LogP contribution in [0.5, 0.6) is 0 Å². The summed E-state index contributed by atoms with van der Waals surface area (Å²) >= 11 is 0. The lowest BCUT2D eigenvalue weighted by atomic mass is 9.81. The molecular weight excluding hydrogens is 280 g/mol. The zero-order valence-electron chi connectivity index (χ0n) is 11.5. The van der Waals surface area contributed by atoms with Crippen molar-refractivity contribution in [2.24, 2.45) is 5.92 Å². The first kappa shape index (κ1) is 16.4. The van der Waals surface area contributed by atoms with Crippen molar-refractivity contribution >= 4 is 17.3 Å². The van der Waals surface area contributed by atoms with Crippen LogP contribution >= 0.6 is 0 Å². The lowest BCUT2D eigenvalue weighted by Crippen LogP contribution is -2.31. The molecule has 1 aromatic carbocycles. The summed E-state index contributed by atoms with van der Waals surface area (Å²) in [5.74, 6) is -3.20. The van der Waals surface area contributed by atoms with E-state index in [0.717, 1.165) is 6.07 Å². The van der Waals surface area contributed by atoms with Crippen LogP contribution in [0, 0.1) is 26.1 Å². The lowest BCUT2D eigenvalue weighted by Gasteiger charge is -2.20. The Kier molecular flexibility index (Phi) is 5.23. The van der Waals surface area contributed by atoms with E-state index in [1.807, 2.05) is 0 Å². The van der Waals surface area contributed by atoms with Crippen molar-refractivity contribution < 1.29 is 19.4 Å². The zero-order valence-corrected chi connectivity index (χ0v) is 11.5. The van der Waals surface area contributed by atoms with Gasteiger partial charge in [-0.25, -0.2) is 0 Å². The van der Waals surface area contributed by atoms with Crippen LogP contribution in [-0.4, -0.2) is 28.0 Å². The highest BCUT2D eigenvalue weighted by molar-refractivity contribution is 6.01. The van der Waals surface area contributed by atoms with Gasteiger partial charge in [-0.05, 0) is 19.4 Å². The third kappa shape index (κ3) is 4.16. The Labute approximate surface area is 120 Å². The minimum atomic E-state index is -1.18. The van der Waals surface area contributed by atoms with Gasteiger partial charge in [-0.3, -0.25) is 29.8 Å². The summed E-state index contributed by atoms with van der Waals surface area (Å²) in [6.45, 7) is 1.71. The molecule has 8 heteroatoms. The molecule has 0 aliphatic rings. The zero-order chi connectivity index (χ0) is 16.2. The van der Waals surface area contributed by atoms with Crippen molar-refractivity contribution in [2.75, 3.05) is 6.54 Å². The van der Waals surface area contributed by atoms with Gasteiger partial charge in [-0.2, -0.15) is 0 Å². The molecule has 0 aliphatic carbocycles. The average Bonchev–Trinajstić information content (AvgIpc) is 2.36. The van der Waals surface area contributed by atoms with Crippen LogP contribution in [0.1, 0.15) is 25.3 Å². The number of hydrogen-bond acceptors (Lipinski definition) is 6. The van der Waals surface area contributed by atoms with Gasteiger partial charge < -0.3 is 0 Å².